The van der Waals surface area contributed by atoms with Gasteiger partial charge in [0.1, 0.15) is 0 Å². The molecule has 0 amide bonds. The van der Waals surface area contributed by atoms with Crippen molar-refractivity contribution in [2.24, 2.45) is 11.1 Å². The van der Waals surface area contributed by atoms with E-state index in [1.54, 1.807) is 0 Å². The van der Waals surface area contributed by atoms with Gasteiger partial charge in [0.2, 0.25) is 0 Å². The summed E-state index contributed by atoms with van der Waals surface area (Å²) in [5, 5.41) is 0. The number of rotatable bonds is 0. The summed E-state index contributed by atoms with van der Waals surface area (Å²) in [5.41, 5.74) is 5.62. The van der Waals surface area contributed by atoms with E-state index >= 15 is 0 Å². The van der Waals surface area contributed by atoms with E-state index in [1.165, 1.54) is 0 Å². The van der Waals surface area contributed by atoms with Crippen LogP contribution in [0.25, 0.3) is 0 Å². The topological polar surface area (TPSA) is 26.0 Å². The first-order valence-corrected chi connectivity index (χ1v) is 2.53. The maximum absolute atomic E-state index is 5.46. The van der Waals surface area contributed by atoms with Crippen molar-refractivity contribution in [2.75, 3.05) is 0 Å². The van der Waals surface area contributed by atoms with E-state index in [0.717, 1.165) is 0 Å². The van der Waals surface area contributed by atoms with Crippen molar-refractivity contribution in [3.8, 4) is 0 Å². The van der Waals surface area contributed by atoms with Crippen LogP contribution >= 0.6 is 0 Å². The van der Waals surface area contributed by atoms with E-state index in [1.807, 2.05) is 0 Å². The molecule has 0 spiro atoms. The second kappa shape index (κ2) is 1.83. The van der Waals surface area contributed by atoms with Crippen LogP contribution in [0.15, 0.2) is 0 Å². The molecule has 1 nitrogen and oxygen atoms in total. The van der Waals surface area contributed by atoms with E-state index in [-0.39, 0.29) is 11.5 Å². The minimum absolute atomic E-state index is 0.0486. The Morgan fingerprint density at radius 3 is 1.57 bits per heavy atom. The molecular formula is C6H14N. The maximum Gasteiger partial charge on any atom is 0.00882 e. The summed E-state index contributed by atoms with van der Waals surface area (Å²) in [6.45, 7) is 9.91. The fourth-order valence-corrected chi connectivity index (χ4v) is 0. The number of hydrogen-bond acceptors (Lipinski definition) is 1. The van der Waals surface area contributed by atoms with Crippen molar-refractivity contribution in [3.05, 3.63) is 6.92 Å². The molecule has 0 aromatic heterocycles. The van der Waals surface area contributed by atoms with Gasteiger partial charge in [-0.05, 0) is 12.3 Å². The van der Waals surface area contributed by atoms with Gasteiger partial charge in [0, 0.05) is 6.04 Å². The highest BCUT2D eigenvalue weighted by Crippen LogP contribution is 2.15. The summed E-state index contributed by atoms with van der Waals surface area (Å²) in [5.74, 6) is 0. The molecule has 0 unspecified atom stereocenters. The van der Waals surface area contributed by atoms with Crippen molar-refractivity contribution in [1.82, 2.24) is 0 Å². The molecule has 0 saturated carbocycles. The molecule has 0 saturated heterocycles. The van der Waals surface area contributed by atoms with Gasteiger partial charge < -0.3 is 5.73 Å². The van der Waals surface area contributed by atoms with Crippen molar-refractivity contribution in [1.29, 1.82) is 0 Å². The fraction of sp³-hybridized carbons (Fsp3) is 0.833. The average Bonchev–Trinajstić information content (AvgIpc) is 1.31. The zero-order valence-electron chi connectivity index (χ0n) is 5.36. The van der Waals surface area contributed by atoms with Crippen LogP contribution in [-0.4, -0.2) is 6.04 Å². The van der Waals surface area contributed by atoms with Crippen molar-refractivity contribution >= 4 is 0 Å². The molecule has 0 aromatic rings. The summed E-state index contributed by atoms with van der Waals surface area (Å²) in [6, 6.07) is 0.0486. The van der Waals surface area contributed by atoms with Crippen LogP contribution in [0.2, 0.25) is 0 Å². The van der Waals surface area contributed by atoms with Crippen LogP contribution in [-0.2, 0) is 0 Å². The minimum Gasteiger partial charge on any atom is -0.327 e. The van der Waals surface area contributed by atoms with E-state index in [9.17, 15) is 0 Å². The molecule has 1 atom stereocenters. The van der Waals surface area contributed by atoms with Gasteiger partial charge in [-0.3, -0.25) is 0 Å². The zero-order chi connectivity index (χ0) is 6.08. The van der Waals surface area contributed by atoms with Crippen molar-refractivity contribution < 1.29 is 0 Å². The van der Waals surface area contributed by atoms with Gasteiger partial charge in [-0.25, -0.2) is 0 Å². The Morgan fingerprint density at radius 1 is 1.43 bits per heavy atom. The summed E-state index contributed by atoms with van der Waals surface area (Å²) < 4.78 is 0. The molecule has 0 aliphatic heterocycles. The summed E-state index contributed by atoms with van der Waals surface area (Å²) in [7, 11) is 0. The van der Waals surface area contributed by atoms with Gasteiger partial charge in [-0.2, -0.15) is 0 Å². The number of nitrogens with two attached hydrogens (primary N) is 1. The lowest BCUT2D eigenvalue weighted by atomic mass is 9.89. The summed E-state index contributed by atoms with van der Waals surface area (Å²) in [6.07, 6.45) is 0. The van der Waals surface area contributed by atoms with Gasteiger partial charge in [0.05, 0.1) is 0 Å². The first-order valence-electron chi connectivity index (χ1n) is 2.53. The van der Waals surface area contributed by atoms with Gasteiger partial charge in [0.15, 0.2) is 0 Å². The van der Waals surface area contributed by atoms with E-state index in [2.05, 4.69) is 27.7 Å². The second-order valence-corrected chi connectivity index (χ2v) is 2.97. The molecule has 2 N–H and O–H groups in total. The van der Waals surface area contributed by atoms with Crippen LogP contribution in [0.4, 0.5) is 0 Å². The molecule has 1 heteroatoms. The first kappa shape index (κ1) is 6.96. The highest BCUT2D eigenvalue weighted by molar-refractivity contribution is 4.77. The van der Waals surface area contributed by atoms with E-state index in [0.29, 0.717) is 0 Å². The highest BCUT2D eigenvalue weighted by atomic mass is 14.6. The predicted octanol–water partition coefficient (Wildman–Crippen LogP) is 1.19. The lowest BCUT2D eigenvalue weighted by Crippen LogP contribution is -2.31. The second-order valence-electron chi connectivity index (χ2n) is 2.97. The first-order chi connectivity index (χ1) is 2.94. The Bertz CT molecular complexity index is 49.7. The molecule has 43 valence electrons. The summed E-state index contributed by atoms with van der Waals surface area (Å²) >= 11 is 0. The van der Waals surface area contributed by atoms with Gasteiger partial charge in [-0.15, -0.1) is 0 Å². The molecule has 0 fully saturated rings. The van der Waals surface area contributed by atoms with Crippen molar-refractivity contribution in [2.45, 2.75) is 26.8 Å². The molecule has 1 radical (unpaired) electrons. The number of hydrogen-bond donors (Lipinski definition) is 1. The largest absolute Gasteiger partial charge is 0.327 e. The SMILES string of the molecule is [CH2][C@H](N)C(C)(C)C. The van der Waals surface area contributed by atoms with Gasteiger partial charge in [-0.1, -0.05) is 20.8 Å². The quantitative estimate of drug-likeness (QED) is 0.486. The monoisotopic (exact) mass is 100 g/mol. The molecule has 7 heavy (non-hydrogen) atoms. The molecular weight excluding hydrogens is 86.1 g/mol. The lowest BCUT2D eigenvalue weighted by molar-refractivity contribution is 0.364. The average molecular weight is 100 g/mol. The Kier molecular flexibility index (Phi) is 1.82. The lowest BCUT2D eigenvalue weighted by Gasteiger charge is -2.22. The summed E-state index contributed by atoms with van der Waals surface area (Å²) in [4.78, 5) is 0. The van der Waals surface area contributed by atoms with Gasteiger partial charge >= 0.3 is 0 Å². The van der Waals surface area contributed by atoms with Crippen LogP contribution in [0.3, 0.4) is 0 Å². The highest BCUT2D eigenvalue weighted by Gasteiger charge is 2.14. The Hall–Kier alpha value is -0.0400. The van der Waals surface area contributed by atoms with Gasteiger partial charge in [0.25, 0.3) is 0 Å². The molecule has 0 heterocycles. The molecule has 0 bridgehead atoms. The standard InChI is InChI=1S/C6H14N/c1-5(7)6(2,3)4/h5H,1,7H2,2-4H3/t5-/m0/s1. The molecule has 0 rings (SSSR count). The molecule has 0 aromatic carbocycles. The molecule has 0 aliphatic rings. The van der Waals surface area contributed by atoms with Crippen LogP contribution in [0.1, 0.15) is 20.8 Å². The van der Waals surface area contributed by atoms with Crippen LogP contribution < -0.4 is 5.73 Å². The third-order valence-corrected chi connectivity index (χ3v) is 1.11. The van der Waals surface area contributed by atoms with E-state index in [4.69, 9.17) is 5.73 Å². The van der Waals surface area contributed by atoms with Crippen LogP contribution in [0.5, 0.6) is 0 Å². The molecule has 0 aliphatic carbocycles. The minimum atomic E-state index is 0.0486. The normalized spacial score (nSPS) is 16.7. The zero-order valence-corrected chi connectivity index (χ0v) is 5.36. The Morgan fingerprint density at radius 2 is 1.57 bits per heavy atom. The smallest absolute Gasteiger partial charge is 0.00882 e. The maximum atomic E-state index is 5.46. The predicted molar refractivity (Wildman–Crippen MR) is 32.8 cm³/mol. The fourth-order valence-electron chi connectivity index (χ4n) is 0. The Balaban J connectivity index is 3.54. The third-order valence-electron chi connectivity index (χ3n) is 1.11. The Labute approximate surface area is 45.9 Å². The third kappa shape index (κ3) is 2.63. The van der Waals surface area contributed by atoms with Crippen molar-refractivity contribution in [3.63, 3.8) is 0 Å². The van der Waals surface area contributed by atoms with E-state index < -0.39 is 0 Å². The van der Waals surface area contributed by atoms with Crippen LogP contribution in [0, 0.1) is 12.3 Å².